The number of aliphatic hydroxyl groups is 1. The number of rotatable bonds is 3. The maximum Gasteiger partial charge on any atom is 0.328 e. The summed E-state index contributed by atoms with van der Waals surface area (Å²) in [4.78, 5) is 27.6. The van der Waals surface area contributed by atoms with Crippen LogP contribution in [-0.4, -0.2) is 48.9 Å². The van der Waals surface area contributed by atoms with Gasteiger partial charge in [-0.3, -0.25) is 24.3 Å². The number of aromatic amines is 2. The van der Waals surface area contributed by atoms with Crippen molar-refractivity contribution in [3.8, 4) is 0 Å². The van der Waals surface area contributed by atoms with Crippen LogP contribution in [0.15, 0.2) is 28.0 Å². The van der Waals surface area contributed by atoms with Gasteiger partial charge in [-0.15, -0.1) is 0 Å². The third-order valence-corrected chi connectivity index (χ3v) is 4.46. The molecule has 124 valence electrons. The topological polar surface area (TPSA) is 107 Å². The van der Waals surface area contributed by atoms with Crippen LogP contribution >= 0.6 is 0 Å². The zero-order valence-electron chi connectivity index (χ0n) is 13.0. The van der Waals surface area contributed by atoms with Gasteiger partial charge in [-0.1, -0.05) is 0 Å². The number of H-pyrrole nitrogens is 2. The minimum atomic E-state index is -0.617. The Bertz CT molecular complexity index is 778. The van der Waals surface area contributed by atoms with Crippen LogP contribution < -0.4 is 11.2 Å². The van der Waals surface area contributed by atoms with E-state index in [1.807, 2.05) is 13.1 Å². The summed E-state index contributed by atoms with van der Waals surface area (Å²) in [6, 6.07) is 0.987. The first kappa shape index (κ1) is 15.7. The first-order chi connectivity index (χ1) is 11.0. The third-order valence-electron chi connectivity index (χ3n) is 4.46. The molecule has 0 radical (unpaired) electrons. The second-order valence-electron chi connectivity index (χ2n) is 6.03. The summed E-state index contributed by atoms with van der Waals surface area (Å²) < 4.78 is 1.43. The smallest absolute Gasteiger partial charge is 0.328 e. The van der Waals surface area contributed by atoms with E-state index in [9.17, 15) is 14.7 Å². The van der Waals surface area contributed by atoms with Gasteiger partial charge in [-0.25, -0.2) is 4.79 Å². The van der Waals surface area contributed by atoms with Crippen molar-refractivity contribution in [3.63, 3.8) is 0 Å². The van der Waals surface area contributed by atoms with E-state index in [-0.39, 0.29) is 6.04 Å². The summed E-state index contributed by atoms with van der Waals surface area (Å²) in [7, 11) is 0. The van der Waals surface area contributed by atoms with Crippen LogP contribution in [0.4, 0.5) is 0 Å². The minimum Gasteiger partial charge on any atom is -0.391 e. The van der Waals surface area contributed by atoms with E-state index in [2.05, 4.69) is 20.1 Å². The molecule has 1 aliphatic heterocycles. The molecule has 0 aliphatic carbocycles. The normalized spacial score (nSPS) is 22.9. The Kier molecular flexibility index (Phi) is 4.44. The Labute approximate surface area is 132 Å². The van der Waals surface area contributed by atoms with Gasteiger partial charge in [0.1, 0.15) is 0 Å². The van der Waals surface area contributed by atoms with Crippen molar-refractivity contribution in [1.82, 2.24) is 24.6 Å². The maximum absolute atomic E-state index is 11.9. The molecule has 0 bridgehead atoms. The fourth-order valence-corrected chi connectivity index (χ4v) is 3.07. The fourth-order valence-electron chi connectivity index (χ4n) is 3.07. The van der Waals surface area contributed by atoms with Crippen LogP contribution in [0, 0.1) is 6.92 Å². The average Bonchev–Trinajstić information content (AvgIpc) is 2.82. The van der Waals surface area contributed by atoms with Gasteiger partial charge in [0.05, 0.1) is 18.3 Å². The van der Waals surface area contributed by atoms with Gasteiger partial charge in [-0.05, 0) is 19.8 Å². The van der Waals surface area contributed by atoms with E-state index in [0.29, 0.717) is 12.8 Å². The van der Waals surface area contributed by atoms with E-state index in [1.54, 1.807) is 0 Å². The molecule has 2 aromatic heterocycles. The van der Waals surface area contributed by atoms with Crippen LogP contribution in [0.5, 0.6) is 0 Å². The van der Waals surface area contributed by atoms with Crippen LogP contribution in [0.25, 0.3) is 0 Å². The standard InChI is InChI=1S/C15H21N5O3/c1-10-11(8-16-18-10)9-19-5-2-12(13(21)3-6-19)20-7-4-14(22)17-15(20)23/h4,7-8,12-13,21H,2-3,5-6,9H2,1H3,(H,16,18)(H,17,22,23)/t12-,13-/m0/s1. The molecular formula is C15H21N5O3. The van der Waals surface area contributed by atoms with E-state index in [4.69, 9.17) is 0 Å². The molecule has 0 amide bonds. The lowest BCUT2D eigenvalue weighted by Gasteiger charge is -2.22. The average molecular weight is 319 g/mol. The van der Waals surface area contributed by atoms with Gasteiger partial charge in [0.25, 0.3) is 5.56 Å². The van der Waals surface area contributed by atoms with Gasteiger partial charge in [-0.2, -0.15) is 5.10 Å². The number of aryl methyl sites for hydroxylation is 1. The van der Waals surface area contributed by atoms with Crippen molar-refractivity contribution in [3.05, 3.63) is 50.6 Å². The summed E-state index contributed by atoms with van der Waals surface area (Å²) in [5.74, 6) is 0. The molecule has 0 saturated carbocycles. The van der Waals surface area contributed by atoms with Crippen molar-refractivity contribution in [1.29, 1.82) is 0 Å². The molecule has 1 saturated heterocycles. The number of aliphatic hydroxyl groups excluding tert-OH is 1. The second kappa shape index (κ2) is 6.51. The lowest BCUT2D eigenvalue weighted by molar-refractivity contribution is 0.105. The number of nitrogens with zero attached hydrogens (tertiary/aromatic N) is 3. The summed E-state index contributed by atoms with van der Waals surface area (Å²) in [6.45, 7) is 4.26. The van der Waals surface area contributed by atoms with E-state index in [1.165, 1.54) is 16.8 Å². The van der Waals surface area contributed by atoms with Crippen molar-refractivity contribution in [2.75, 3.05) is 13.1 Å². The molecule has 23 heavy (non-hydrogen) atoms. The van der Waals surface area contributed by atoms with Gasteiger partial charge in [0, 0.05) is 43.2 Å². The van der Waals surface area contributed by atoms with E-state index in [0.717, 1.165) is 30.9 Å². The van der Waals surface area contributed by atoms with E-state index < -0.39 is 17.4 Å². The first-order valence-corrected chi connectivity index (χ1v) is 7.75. The SMILES string of the molecule is Cc1[nH]ncc1CN1CC[C@H](O)[C@@H](n2ccc(=O)[nH]c2=O)CC1. The summed E-state index contributed by atoms with van der Waals surface area (Å²) in [5.41, 5.74) is 1.29. The molecule has 1 fully saturated rings. The van der Waals surface area contributed by atoms with Crippen LogP contribution in [0.1, 0.15) is 30.1 Å². The molecule has 2 aromatic rings. The van der Waals surface area contributed by atoms with Crippen molar-refractivity contribution < 1.29 is 5.11 Å². The highest BCUT2D eigenvalue weighted by Gasteiger charge is 2.27. The Morgan fingerprint density at radius 1 is 1.35 bits per heavy atom. The third kappa shape index (κ3) is 3.43. The molecule has 0 unspecified atom stereocenters. The molecule has 0 aromatic carbocycles. The predicted molar refractivity (Wildman–Crippen MR) is 84.2 cm³/mol. The molecule has 8 nitrogen and oxygen atoms in total. The number of nitrogens with one attached hydrogen (secondary N) is 2. The lowest BCUT2D eigenvalue weighted by Crippen LogP contribution is -2.36. The Balaban J connectivity index is 1.74. The zero-order valence-corrected chi connectivity index (χ0v) is 13.0. The maximum atomic E-state index is 11.9. The van der Waals surface area contributed by atoms with Crippen molar-refractivity contribution >= 4 is 0 Å². The van der Waals surface area contributed by atoms with Crippen LogP contribution in [0.3, 0.4) is 0 Å². The van der Waals surface area contributed by atoms with Crippen LogP contribution in [0.2, 0.25) is 0 Å². The second-order valence-corrected chi connectivity index (χ2v) is 6.03. The minimum absolute atomic E-state index is 0.324. The number of aromatic nitrogens is 4. The van der Waals surface area contributed by atoms with Crippen LogP contribution in [-0.2, 0) is 6.54 Å². The molecule has 0 spiro atoms. The van der Waals surface area contributed by atoms with Crippen molar-refractivity contribution in [2.45, 2.75) is 38.5 Å². The van der Waals surface area contributed by atoms with Crippen molar-refractivity contribution in [2.24, 2.45) is 0 Å². The Hall–Kier alpha value is -2.19. The highest BCUT2D eigenvalue weighted by Crippen LogP contribution is 2.23. The molecular weight excluding hydrogens is 298 g/mol. The Morgan fingerprint density at radius 3 is 2.83 bits per heavy atom. The summed E-state index contributed by atoms with van der Waals surface area (Å²) >= 11 is 0. The quantitative estimate of drug-likeness (QED) is 0.724. The monoisotopic (exact) mass is 319 g/mol. The summed E-state index contributed by atoms with van der Waals surface area (Å²) in [6.07, 6.45) is 3.89. The van der Waals surface area contributed by atoms with Gasteiger partial charge in [0.2, 0.25) is 0 Å². The zero-order chi connectivity index (χ0) is 16.4. The van der Waals surface area contributed by atoms with Gasteiger partial charge >= 0.3 is 5.69 Å². The highest BCUT2D eigenvalue weighted by atomic mass is 16.3. The van der Waals surface area contributed by atoms with E-state index >= 15 is 0 Å². The molecule has 2 atom stereocenters. The first-order valence-electron chi connectivity index (χ1n) is 7.75. The highest BCUT2D eigenvalue weighted by molar-refractivity contribution is 5.14. The molecule has 3 rings (SSSR count). The van der Waals surface area contributed by atoms with Gasteiger partial charge in [0.15, 0.2) is 0 Å². The number of likely N-dealkylation sites (tertiary alicyclic amines) is 1. The summed E-state index contributed by atoms with van der Waals surface area (Å²) in [5, 5.41) is 17.4. The molecule has 8 heteroatoms. The molecule has 3 heterocycles. The molecule has 3 N–H and O–H groups in total. The predicted octanol–water partition coefficient (Wildman–Crippen LogP) is -0.234. The fraction of sp³-hybridized carbons (Fsp3) is 0.533. The van der Waals surface area contributed by atoms with Gasteiger partial charge < -0.3 is 5.11 Å². The number of hydrogen-bond donors (Lipinski definition) is 3. The molecule has 1 aliphatic rings. The number of hydrogen-bond acceptors (Lipinski definition) is 5. The largest absolute Gasteiger partial charge is 0.391 e. The Morgan fingerprint density at radius 2 is 2.13 bits per heavy atom. The lowest BCUT2D eigenvalue weighted by atomic mass is 10.1.